The van der Waals surface area contributed by atoms with Crippen LogP contribution in [-0.2, 0) is 5.66 Å². The molecular formula is C89H57N13. The Morgan fingerprint density at radius 1 is 0.255 bits per heavy atom. The lowest BCUT2D eigenvalue weighted by Gasteiger charge is -2.24. The van der Waals surface area contributed by atoms with Crippen LogP contribution >= 0.6 is 0 Å². The van der Waals surface area contributed by atoms with Gasteiger partial charge in [-0.15, -0.1) is 0 Å². The molecule has 10 heterocycles. The van der Waals surface area contributed by atoms with Crippen molar-refractivity contribution < 1.29 is 0 Å². The van der Waals surface area contributed by atoms with Crippen LogP contribution in [0.15, 0.2) is 325 Å². The second kappa shape index (κ2) is 20.5. The molecule has 13 heteroatoms. The molecule has 0 amide bonds. The highest BCUT2D eigenvalue weighted by molar-refractivity contribution is 6.27. The van der Waals surface area contributed by atoms with E-state index in [2.05, 4.69) is 359 Å². The molecule has 1 aliphatic heterocycles. The van der Waals surface area contributed by atoms with Crippen molar-refractivity contribution in [2.24, 2.45) is 21.8 Å². The minimum atomic E-state index is -1.01. The minimum absolute atomic E-state index is 0.163. The normalized spacial score (nSPS) is 16.2. The second-order valence-corrected chi connectivity index (χ2v) is 27.2. The van der Waals surface area contributed by atoms with E-state index in [0.717, 1.165) is 154 Å². The lowest BCUT2D eigenvalue weighted by Crippen LogP contribution is -2.31. The third-order valence-corrected chi connectivity index (χ3v) is 22.1. The molecular weight excluding hydrogens is 1250 g/mol. The average molecular weight is 1310 g/mol. The average Bonchev–Trinajstić information content (AvgIpc) is 1.48. The maximum absolute atomic E-state index is 6.40. The van der Waals surface area contributed by atoms with Gasteiger partial charge in [0, 0.05) is 71.8 Å². The first-order chi connectivity index (χ1) is 50.6. The number of aromatic nitrogens is 11. The Hall–Kier alpha value is -13.7. The molecule has 0 radical (unpaired) electrons. The maximum atomic E-state index is 6.40. The molecule has 3 atom stereocenters. The number of fused-ring (bicyclic) bond motifs is 21. The first kappa shape index (κ1) is 55.4. The standard InChI is InChI=1S/C89H57N13/c1-54-75-76(90-88(101-73-52-28-19-43-64(73)79-82(101)61-40-16-24-48-69(61)97(79)57-34-10-4-11-35-57)94-89(54,75)102-74-53-29-21-45-66(74)83-84(102)65-44-20-25-49-70(65)98(83)58-36-12-5-13-37-58)85-91-86(99-71-50-26-17-41-62(71)77-80(99)59-38-14-22-46-67(59)95(77)55-30-6-2-7-31-55)93-87(92-85)100-72-51-27-18-42-63(72)78-81(100)60-39-15-23-47-68(60)96(78)56-32-8-3-9-33-56/h2-54,75H,1H3. The Bertz CT molecular complexity index is 6980. The van der Waals surface area contributed by atoms with Crippen molar-refractivity contribution >= 4 is 143 Å². The van der Waals surface area contributed by atoms with Gasteiger partial charge in [-0.2, -0.15) is 15.0 Å². The molecule has 102 heavy (non-hydrogen) atoms. The van der Waals surface area contributed by atoms with Gasteiger partial charge in [-0.1, -0.05) is 225 Å². The highest BCUT2D eigenvalue weighted by atomic mass is 15.4. The molecule has 21 aromatic rings. The number of rotatable bonds is 8. The fraction of sp³-hybridized carbons (Fsp3) is 0.0449. The lowest BCUT2D eigenvalue weighted by atomic mass is 10.1. The first-order valence-corrected chi connectivity index (χ1v) is 34.9. The van der Waals surface area contributed by atoms with Gasteiger partial charge < -0.3 is 22.8 Å². The SMILES string of the molecule is CC1C2C(c3nc(-n4c5ccccc5c5c4c4ccccc4n5-c4ccccc4)nc(-n4c5ccccc5c5c4c4ccccc4n5-c4ccccc4)n3)=NC(n3c4ccccc4c4c3c3ccccc3n4-c3ccccc3)=NC12n1c2ccccc2c2c1c1ccccc1n2-c1ccccc1. The summed E-state index contributed by atoms with van der Waals surface area (Å²) in [4.78, 5) is 30.7. The van der Waals surface area contributed by atoms with Crippen molar-refractivity contribution in [2.75, 3.05) is 0 Å². The summed E-state index contributed by atoms with van der Waals surface area (Å²) in [6, 6.07) is 113. The quantitative estimate of drug-likeness (QED) is 0.151. The van der Waals surface area contributed by atoms with Gasteiger partial charge in [0.05, 0.1) is 99.9 Å². The van der Waals surface area contributed by atoms with E-state index in [1.54, 1.807) is 0 Å². The van der Waals surface area contributed by atoms with Crippen LogP contribution in [-0.4, -0.2) is 63.2 Å². The van der Waals surface area contributed by atoms with Gasteiger partial charge in [0.2, 0.25) is 17.9 Å². The molecule has 23 rings (SSSR count). The van der Waals surface area contributed by atoms with E-state index in [4.69, 9.17) is 24.9 Å². The van der Waals surface area contributed by atoms with E-state index in [0.29, 0.717) is 29.4 Å². The summed E-state index contributed by atoms with van der Waals surface area (Å²) < 4.78 is 19.2. The van der Waals surface area contributed by atoms with Gasteiger partial charge in [-0.3, -0.25) is 13.7 Å². The van der Waals surface area contributed by atoms with Gasteiger partial charge in [0.15, 0.2) is 11.5 Å². The van der Waals surface area contributed by atoms with Crippen LogP contribution < -0.4 is 0 Å². The fourth-order valence-electron chi connectivity index (χ4n) is 18.0. The van der Waals surface area contributed by atoms with Gasteiger partial charge in [0.25, 0.3) is 0 Å². The lowest BCUT2D eigenvalue weighted by molar-refractivity contribution is 0.481. The zero-order valence-electron chi connectivity index (χ0n) is 55.0. The summed E-state index contributed by atoms with van der Waals surface area (Å²) in [6.07, 6.45) is 0. The highest BCUT2D eigenvalue weighted by Gasteiger charge is 2.70. The molecule has 1 fully saturated rings. The van der Waals surface area contributed by atoms with Gasteiger partial charge >= 0.3 is 0 Å². The summed E-state index contributed by atoms with van der Waals surface area (Å²) in [6.45, 7) is 2.36. The summed E-state index contributed by atoms with van der Waals surface area (Å²) in [5.41, 5.74) is 20.6. The third-order valence-electron chi connectivity index (χ3n) is 22.1. The maximum Gasteiger partial charge on any atom is 0.240 e. The number of nitrogens with zero attached hydrogens (tertiary/aromatic N) is 13. The summed E-state index contributed by atoms with van der Waals surface area (Å²) in [7, 11) is 0. The van der Waals surface area contributed by atoms with E-state index in [1.807, 2.05) is 0 Å². The van der Waals surface area contributed by atoms with Crippen LogP contribution in [0.2, 0.25) is 0 Å². The van der Waals surface area contributed by atoms with Crippen LogP contribution in [0, 0.1) is 11.8 Å². The van der Waals surface area contributed by atoms with Crippen molar-refractivity contribution in [1.82, 2.24) is 51.5 Å². The van der Waals surface area contributed by atoms with E-state index < -0.39 is 5.66 Å². The molecule has 0 bridgehead atoms. The van der Waals surface area contributed by atoms with Crippen LogP contribution in [0.25, 0.3) is 166 Å². The van der Waals surface area contributed by atoms with E-state index in [1.165, 1.54) is 0 Å². The number of hydrogen-bond donors (Lipinski definition) is 0. The summed E-state index contributed by atoms with van der Waals surface area (Å²) in [5, 5.41) is 8.65. The van der Waals surface area contributed by atoms with E-state index in [-0.39, 0.29) is 11.8 Å². The molecule has 13 nitrogen and oxygen atoms in total. The Kier molecular flexibility index (Phi) is 11.1. The smallest absolute Gasteiger partial charge is 0.240 e. The molecule has 3 unspecified atom stereocenters. The van der Waals surface area contributed by atoms with Crippen LogP contribution in [0.3, 0.4) is 0 Å². The number of hydrogen-bond acceptors (Lipinski definition) is 5. The molecule has 1 aliphatic carbocycles. The Morgan fingerprint density at radius 2 is 0.510 bits per heavy atom. The third kappa shape index (κ3) is 7.21. The molecule has 0 N–H and O–H groups in total. The molecule has 2 aliphatic rings. The van der Waals surface area contributed by atoms with Crippen molar-refractivity contribution in [1.29, 1.82) is 0 Å². The van der Waals surface area contributed by atoms with Crippen LogP contribution in [0.5, 0.6) is 0 Å². The fourth-order valence-corrected chi connectivity index (χ4v) is 18.0. The van der Waals surface area contributed by atoms with Gasteiger partial charge in [-0.25, -0.2) is 9.98 Å². The van der Waals surface area contributed by atoms with Gasteiger partial charge in [0.1, 0.15) is 0 Å². The molecule has 1 saturated carbocycles. The zero-order chi connectivity index (χ0) is 66.6. The summed E-state index contributed by atoms with van der Waals surface area (Å²) in [5.74, 6) is 1.38. The molecule has 9 aromatic heterocycles. The second-order valence-electron chi connectivity index (χ2n) is 27.2. The van der Waals surface area contributed by atoms with Crippen molar-refractivity contribution in [3.8, 4) is 34.6 Å². The predicted octanol–water partition coefficient (Wildman–Crippen LogP) is 20.4. The number of para-hydroxylation sites is 12. The Morgan fingerprint density at radius 3 is 0.863 bits per heavy atom. The molecule has 12 aromatic carbocycles. The molecule has 0 spiro atoms. The van der Waals surface area contributed by atoms with E-state index in [9.17, 15) is 0 Å². The number of benzene rings is 12. The highest BCUT2D eigenvalue weighted by Crippen LogP contribution is 2.64. The predicted molar refractivity (Wildman–Crippen MR) is 415 cm³/mol. The largest absolute Gasteiger partial charge is 0.312 e. The first-order valence-electron chi connectivity index (χ1n) is 34.9. The van der Waals surface area contributed by atoms with Crippen LogP contribution in [0.1, 0.15) is 12.7 Å². The van der Waals surface area contributed by atoms with Crippen LogP contribution in [0.4, 0.5) is 0 Å². The molecule has 0 saturated heterocycles. The van der Waals surface area contributed by atoms with Crippen molar-refractivity contribution in [3.05, 3.63) is 321 Å². The van der Waals surface area contributed by atoms with Crippen molar-refractivity contribution in [3.63, 3.8) is 0 Å². The van der Waals surface area contributed by atoms with Crippen molar-refractivity contribution in [2.45, 2.75) is 12.6 Å². The Labute approximate surface area is 581 Å². The topological polar surface area (TPSA) is 103 Å². The zero-order valence-corrected chi connectivity index (χ0v) is 55.0. The Balaban J connectivity index is 0.886. The van der Waals surface area contributed by atoms with E-state index >= 15 is 0 Å². The van der Waals surface area contributed by atoms with Gasteiger partial charge in [-0.05, 0) is 97.1 Å². The monoisotopic (exact) mass is 1310 g/mol. The number of aliphatic imine (C=N–C) groups is 2. The summed E-state index contributed by atoms with van der Waals surface area (Å²) >= 11 is 0. The minimum Gasteiger partial charge on any atom is -0.312 e. The molecule has 478 valence electrons.